The van der Waals surface area contributed by atoms with Gasteiger partial charge in [-0.15, -0.1) is 0 Å². The van der Waals surface area contributed by atoms with E-state index in [1.807, 2.05) is 61.2 Å². The SMILES string of the molecule is COC(=O)/C1=C(\O[Si](C)(C)C(C)(C)C)CN(S(=O)(=O)c2ccc(C)cc2)/C=C(/c2cccc(F)c2)N2C(c3ccccc3)=C(C)C=CC12. The fourth-order valence-corrected chi connectivity index (χ4v) is 7.95. The van der Waals surface area contributed by atoms with Crippen molar-refractivity contribution in [3.8, 4) is 0 Å². The zero-order chi connectivity index (χ0) is 35.0. The van der Waals surface area contributed by atoms with Crippen molar-refractivity contribution in [1.82, 2.24) is 9.21 Å². The molecule has 0 radical (unpaired) electrons. The highest BCUT2D eigenvalue weighted by molar-refractivity contribution is 7.89. The van der Waals surface area contributed by atoms with Gasteiger partial charge in [-0.25, -0.2) is 17.6 Å². The number of rotatable bonds is 7. The Bertz CT molecular complexity index is 1940. The standard InChI is InChI=1S/C38H43FN2O5SSi/c1-26-17-20-31(21-18-26)47(43,44)40-24-33(29-15-12-16-30(39)23-29)41-32(22-19-27(2)36(41)28-13-10-9-11-14-28)35(37(42)45-6)34(25-40)46-48(7,8)38(3,4)5/h9-24,32H,25H2,1-8H3/b33-24-,35-34-. The fourth-order valence-electron chi connectivity index (χ4n) is 5.58. The number of halogens is 1. The molecule has 0 bridgehead atoms. The van der Waals surface area contributed by atoms with Gasteiger partial charge >= 0.3 is 5.97 Å². The lowest BCUT2D eigenvalue weighted by molar-refractivity contribution is -0.136. The first kappa shape index (κ1) is 34.9. The molecule has 0 fully saturated rings. The lowest BCUT2D eigenvalue weighted by atomic mass is 9.91. The van der Waals surface area contributed by atoms with Gasteiger partial charge in [0, 0.05) is 11.8 Å². The summed E-state index contributed by atoms with van der Waals surface area (Å²) in [5.74, 6) is -0.922. The van der Waals surface area contributed by atoms with Crippen LogP contribution in [0.4, 0.5) is 4.39 Å². The van der Waals surface area contributed by atoms with Crippen LogP contribution in [-0.2, 0) is 24.0 Å². The molecule has 252 valence electrons. The van der Waals surface area contributed by atoms with E-state index < -0.39 is 36.2 Å². The number of carbonyl (C=O) groups is 1. The molecule has 3 aromatic rings. The van der Waals surface area contributed by atoms with Crippen LogP contribution >= 0.6 is 0 Å². The second kappa shape index (κ2) is 13.2. The molecule has 0 saturated carbocycles. The summed E-state index contributed by atoms with van der Waals surface area (Å²) in [5.41, 5.74) is 4.31. The third-order valence-electron chi connectivity index (χ3n) is 9.23. The number of aryl methyl sites for hydroxylation is 1. The number of sulfonamides is 1. The third kappa shape index (κ3) is 6.77. The minimum Gasteiger partial charge on any atom is -0.545 e. The second-order valence-electron chi connectivity index (χ2n) is 13.7. The number of carbonyl (C=O) groups excluding carboxylic acids is 1. The summed E-state index contributed by atoms with van der Waals surface area (Å²) in [5, 5.41) is -0.277. The largest absolute Gasteiger partial charge is 0.545 e. The average Bonchev–Trinajstić information content (AvgIpc) is 3.02. The van der Waals surface area contributed by atoms with Crippen LogP contribution in [0.1, 0.15) is 44.4 Å². The molecular formula is C38H43FN2O5SSi. The average molecular weight is 687 g/mol. The summed E-state index contributed by atoms with van der Waals surface area (Å²) in [7, 11) is -5.59. The van der Waals surface area contributed by atoms with Crippen LogP contribution in [0.3, 0.4) is 0 Å². The maximum Gasteiger partial charge on any atom is 0.339 e. The van der Waals surface area contributed by atoms with Gasteiger partial charge in [-0.1, -0.05) is 93.1 Å². The molecule has 0 N–H and O–H groups in total. The molecule has 0 spiro atoms. The van der Waals surface area contributed by atoms with Gasteiger partial charge in [0.2, 0.25) is 8.32 Å². The highest BCUT2D eigenvalue weighted by Gasteiger charge is 2.44. The van der Waals surface area contributed by atoms with Crippen molar-refractivity contribution in [3.05, 3.63) is 137 Å². The topological polar surface area (TPSA) is 76.1 Å². The van der Waals surface area contributed by atoms with E-state index in [1.165, 1.54) is 29.7 Å². The van der Waals surface area contributed by atoms with Gasteiger partial charge in [0.05, 0.1) is 36.0 Å². The molecule has 0 aliphatic carbocycles. The maximum absolute atomic E-state index is 15.0. The Balaban J connectivity index is 1.90. The summed E-state index contributed by atoms with van der Waals surface area (Å²) in [6, 6.07) is 21.5. The highest BCUT2D eigenvalue weighted by Crippen LogP contribution is 2.44. The first-order chi connectivity index (χ1) is 22.5. The van der Waals surface area contributed by atoms with Crippen LogP contribution in [0.25, 0.3) is 11.4 Å². The lowest BCUT2D eigenvalue weighted by Crippen LogP contribution is -2.46. The van der Waals surface area contributed by atoms with E-state index in [1.54, 1.807) is 36.4 Å². The molecule has 1 unspecified atom stereocenters. The first-order valence-electron chi connectivity index (χ1n) is 15.9. The van der Waals surface area contributed by atoms with Crippen LogP contribution in [0, 0.1) is 12.7 Å². The Morgan fingerprint density at radius 1 is 0.938 bits per heavy atom. The molecular weight excluding hydrogens is 644 g/mol. The lowest BCUT2D eigenvalue weighted by Gasteiger charge is -2.44. The van der Waals surface area contributed by atoms with Crippen molar-refractivity contribution in [2.75, 3.05) is 13.7 Å². The number of fused-ring (bicyclic) bond motifs is 1. The van der Waals surface area contributed by atoms with E-state index in [9.17, 15) is 17.6 Å². The van der Waals surface area contributed by atoms with Crippen molar-refractivity contribution < 1.29 is 26.8 Å². The molecule has 0 aromatic heterocycles. The second-order valence-corrected chi connectivity index (χ2v) is 20.3. The fraction of sp³-hybridized carbons (Fsp3) is 0.289. The van der Waals surface area contributed by atoms with Crippen LogP contribution in [0.2, 0.25) is 18.1 Å². The molecule has 1 atom stereocenters. The van der Waals surface area contributed by atoms with Crippen molar-refractivity contribution >= 4 is 35.7 Å². The predicted molar refractivity (Wildman–Crippen MR) is 191 cm³/mol. The van der Waals surface area contributed by atoms with E-state index in [2.05, 4.69) is 33.9 Å². The smallest absolute Gasteiger partial charge is 0.339 e. The summed E-state index contributed by atoms with van der Waals surface area (Å²) in [4.78, 5) is 16.0. The zero-order valence-electron chi connectivity index (χ0n) is 28.7. The van der Waals surface area contributed by atoms with Crippen molar-refractivity contribution in [1.29, 1.82) is 0 Å². The van der Waals surface area contributed by atoms with E-state index in [-0.39, 0.29) is 27.8 Å². The number of hydrogen-bond donors (Lipinski definition) is 0. The van der Waals surface area contributed by atoms with Gasteiger partial charge < -0.3 is 14.1 Å². The molecule has 48 heavy (non-hydrogen) atoms. The monoisotopic (exact) mass is 686 g/mol. The van der Waals surface area contributed by atoms with Gasteiger partial charge in [-0.05, 0) is 67.4 Å². The number of benzene rings is 3. The maximum atomic E-state index is 15.0. The van der Waals surface area contributed by atoms with Crippen LogP contribution < -0.4 is 0 Å². The number of hydrogen-bond acceptors (Lipinski definition) is 6. The molecule has 2 heterocycles. The van der Waals surface area contributed by atoms with Gasteiger partial charge in [-0.3, -0.25) is 4.31 Å². The number of methoxy groups -OCH3 is 1. The Kier molecular flexibility index (Phi) is 9.63. The molecule has 2 aliphatic heterocycles. The van der Waals surface area contributed by atoms with Gasteiger partial charge in [0.1, 0.15) is 17.1 Å². The van der Waals surface area contributed by atoms with E-state index in [0.717, 1.165) is 22.4 Å². The van der Waals surface area contributed by atoms with Crippen LogP contribution in [0.5, 0.6) is 0 Å². The number of esters is 1. The molecule has 0 saturated heterocycles. The summed E-state index contributed by atoms with van der Waals surface area (Å²) < 4.78 is 57.8. The zero-order valence-corrected chi connectivity index (χ0v) is 30.6. The minimum absolute atomic E-state index is 0.0694. The minimum atomic E-state index is -4.23. The molecule has 0 amide bonds. The Morgan fingerprint density at radius 2 is 1.58 bits per heavy atom. The van der Waals surface area contributed by atoms with Crippen molar-refractivity contribution in [2.24, 2.45) is 0 Å². The number of ether oxygens (including phenoxy) is 1. The Hall–Kier alpha value is -4.41. The van der Waals surface area contributed by atoms with Crippen LogP contribution in [0.15, 0.2) is 119 Å². The van der Waals surface area contributed by atoms with E-state index in [4.69, 9.17) is 9.16 Å². The number of nitrogens with zero attached hydrogens (tertiary/aromatic N) is 2. The quantitative estimate of drug-likeness (QED) is 0.184. The highest BCUT2D eigenvalue weighted by atomic mass is 32.2. The predicted octanol–water partition coefficient (Wildman–Crippen LogP) is 8.26. The molecule has 5 rings (SSSR count). The third-order valence-corrected chi connectivity index (χ3v) is 15.3. The van der Waals surface area contributed by atoms with Crippen LogP contribution in [-0.4, -0.2) is 51.6 Å². The van der Waals surface area contributed by atoms with E-state index >= 15 is 0 Å². The van der Waals surface area contributed by atoms with E-state index in [0.29, 0.717) is 11.3 Å². The van der Waals surface area contributed by atoms with Gasteiger partial charge in [-0.2, -0.15) is 0 Å². The van der Waals surface area contributed by atoms with Crippen molar-refractivity contribution in [3.63, 3.8) is 0 Å². The summed E-state index contributed by atoms with van der Waals surface area (Å²) in [6.07, 6.45) is 5.37. The summed E-state index contributed by atoms with van der Waals surface area (Å²) in [6.45, 7) is 13.9. The normalized spacial score (nSPS) is 20.0. The van der Waals surface area contributed by atoms with Gasteiger partial charge in [0.25, 0.3) is 10.0 Å². The molecule has 10 heteroatoms. The first-order valence-corrected chi connectivity index (χ1v) is 20.2. The molecule has 7 nitrogen and oxygen atoms in total. The number of allylic oxidation sites excluding steroid dienone is 2. The molecule has 2 aliphatic rings. The van der Waals surface area contributed by atoms with Gasteiger partial charge in [0.15, 0.2) is 0 Å². The molecule has 3 aromatic carbocycles. The Labute approximate surface area is 284 Å². The van der Waals surface area contributed by atoms with Crippen molar-refractivity contribution in [2.45, 2.75) is 63.7 Å². The summed E-state index contributed by atoms with van der Waals surface area (Å²) >= 11 is 0. The Morgan fingerprint density at radius 3 is 2.19 bits per heavy atom.